The second-order valence-corrected chi connectivity index (χ2v) is 6.73. The molecule has 4 nitrogen and oxygen atoms in total. The maximum atomic E-state index is 11.0. The molecule has 0 aliphatic rings. The number of rotatable bonds is 4. The van der Waals surface area contributed by atoms with Crippen LogP contribution in [0.4, 0.5) is 5.82 Å². The van der Waals surface area contributed by atoms with Crippen molar-refractivity contribution in [3.8, 4) is 5.75 Å². The summed E-state index contributed by atoms with van der Waals surface area (Å²) in [6.45, 7) is 4.15. The normalized spacial score (nSPS) is 12.1. The van der Waals surface area contributed by atoms with Crippen LogP contribution in [0.15, 0.2) is 73.1 Å². The number of fused-ring (bicyclic) bond motifs is 1. The Bertz CT molecular complexity index is 1090. The Labute approximate surface area is 158 Å². The zero-order valence-corrected chi connectivity index (χ0v) is 15.3. The van der Waals surface area contributed by atoms with E-state index in [9.17, 15) is 5.11 Å². The Kier molecular flexibility index (Phi) is 4.47. The van der Waals surface area contributed by atoms with Crippen LogP contribution in [-0.2, 0) is 0 Å². The summed E-state index contributed by atoms with van der Waals surface area (Å²) in [4.78, 5) is 8.78. The third-order valence-electron chi connectivity index (χ3n) is 4.79. The fourth-order valence-electron chi connectivity index (χ4n) is 3.37. The van der Waals surface area contributed by atoms with Crippen molar-refractivity contribution >= 4 is 16.7 Å². The number of phenols is 1. The van der Waals surface area contributed by atoms with Crippen molar-refractivity contribution in [1.29, 1.82) is 0 Å². The topological polar surface area (TPSA) is 58.0 Å². The third-order valence-corrected chi connectivity index (χ3v) is 4.79. The van der Waals surface area contributed by atoms with Gasteiger partial charge in [-0.15, -0.1) is 0 Å². The van der Waals surface area contributed by atoms with Crippen molar-refractivity contribution in [2.75, 3.05) is 5.32 Å². The third kappa shape index (κ3) is 3.34. The Morgan fingerprint density at radius 3 is 2.52 bits per heavy atom. The minimum atomic E-state index is -0.244. The minimum absolute atomic E-state index is 0.197. The molecule has 0 amide bonds. The van der Waals surface area contributed by atoms with Crippen LogP contribution in [0.2, 0.25) is 0 Å². The first-order valence-electron chi connectivity index (χ1n) is 8.95. The first-order chi connectivity index (χ1) is 13.1. The lowest BCUT2D eigenvalue weighted by molar-refractivity contribution is 0.471. The van der Waals surface area contributed by atoms with E-state index in [0.717, 1.165) is 27.9 Å². The molecule has 0 saturated carbocycles. The van der Waals surface area contributed by atoms with E-state index in [2.05, 4.69) is 47.3 Å². The highest BCUT2D eigenvalue weighted by Crippen LogP contribution is 2.37. The highest BCUT2D eigenvalue weighted by Gasteiger charge is 2.22. The van der Waals surface area contributed by atoms with E-state index < -0.39 is 0 Å². The van der Waals surface area contributed by atoms with Crippen LogP contribution in [0.5, 0.6) is 5.75 Å². The van der Waals surface area contributed by atoms with Crippen LogP contribution in [0, 0.1) is 13.8 Å². The lowest BCUT2D eigenvalue weighted by Crippen LogP contribution is -2.15. The molecule has 0 bridgehead atoms. The minimum Gasteiger partial charge on any atom is -0.505 e. The van der Waals surface area contributed by atoms with Gasteiger partial charge in [-0.25, -0.2) is 4.98 Å². The summed E-state index contributed by atoms with van der Waals surface area (Å²) >= 11 is 0. The predicted molar refractivity (Wildman–Crippen MR) is 109 cm³/mol. The molecule has 2 heterocycles. The standard InChI is InChI=1S/C23H21N3O/c1-15-8-9-16(2)19(14-15)22(26-20-7-3-4-12-24-20)18-11-10-17-6-5-13-25-21(17)23(18)27/h3-14,22,27H,1-2H3,(H,24,26). The van der Waals surface area contributed by atoms with Gasteiger partial charge in [0.15, 0.2) is 0 Å². The van der Waals surface area contributed by atoms with Gasteiger partial charge in [-0.1, -0.05) is 48.0 Å². The number of nitrogens with zero attached hydrogens (tertiary/aromatic N) is 2. The van der Waals surface area contributed by atoms with E-state index >= 15 is 0 Å². The Morgan fingerprint density at radius 2 is 1.70 bits per heavy atom. The number of pyridine rings is 2. The molecule has 134 valence electrons. The number of phenolic OH excluding ortho intramolecular Hbond substituents is 1. The van der Waals surface area contributed by atoms with Gasteiger partial charge in [0.1, 0.15) is 17.1 Å². The van der Waals surface area contributed by atoms with Gasteiger partial charge in [0.25, 0.3) is 0 Å². The molecule has 0 saturated heterocycles. The van der Waals surface area contributed by atoms with E-state index in [1.807, 2.05) is 42.5 Å². The zero-order valence-electron chi connectivity index (χ0n) is 15.3. The molecule has 0 aliphatic carbocycles. The summed E-state index contributed by atoms with van der Waals surface area (Å²) in [6.07, 6.45) is 3.45. The quantitative estimate of drug-likeness (QED) is 0.531. The van der Waals surface area contributed by atoms with Gasteiger partial charge >= 0.3 is 0 Å². The molecule has 0 aliphatic heterocycles. The van der Waals surface area contributed by atoms with Crippen molar-refractivity contribution in [2.24, 2.45) is 0 Å². The summed E-state index contributed by atoms with van der Waals surface area (Å²) in [5.41, 5.74) is 4.80. The summed E-state index contributed by atoms with van der Waals surface area (Å²) in [5, 5.41) is 15.4. The number of nitrogens with one attached hydrogen (secondary N) is 1. The zero-order chi connectivity index (χ0) is 18.8. The van der Waals surface area contributed by atoms with E-state index in [4.69, 9.17) is 0 Å². The maximum Gasteiger partial charge on any atom is 0.147 e. The Hall–Kier alpha value is -3.40. The smallest absolute Gasteiger partial charge is 0.147 e. The molecule has 27 heavy (non-hydrogen) atoms. The number of hydrogen-bond acceptors (Lipinski definition) is 4. The van der Waals surface area contributed by atoms with E-state index in [1.165, 1.54) is 5.56 Å². The lowest BCUT2D eigenvalue weighted by atomic mass is 9.92. The molecule has 1 unspecified atom stereocenters. The van der Waals surface area contributed by atoms with Gasteiger partial charge in [-0.2, -0.15) is 0 Å². The van der Waals surface area contributed by atoms with Crippen LogP contribution in [-0.4, -0.2) is 15.1 Å². The van der Waals surface area contributed by atoms with Gasteiger partial charge in [-0.3, -0.25) is 4.98 Å². The second-order valence-electron chi connectivity index (χ2n) is 6.73. The average Bonchev–Trinajstić information content (AvgIpc) is 2.70. The van der Waals surface area contributed by atoms with Crippen LogP contribution in [0.3, 0.4) is 0 Å². The van der Waals surface area contributed by atoms with Crippen molar-refractivity contribution in [1.82, 2.24) is 9.97 Å². The van der Waals surface area contributed by atoms with E-state index in [1.54, 1.807) is 12.4 Å². The van der Waals surface area contributed by atoms with Crippen molar-refractivity contribution in [3.05, 3.63) is 95.3 Å². The van der Waals surface area contributed by atoms with Crippen LogP contribution >= 0.6 is 0 Å². The van der Waals surface area contributed by atoms with Gasteiger partial charge in [-0.05, 0) is 43.2 Å². The van der Waals surface area contributed by atoms with Crippen molar-refractivity contribution < 1.29 is 5.11 Å². The molecule has 2 aromatic carbocycles. The molecular weight excluding hydrogens is 334 g/mol. The number of anilines is 1. The summed E-state index contributed by atoms with van der Waals surface area (Å²) in [7, 11) is 0. The lowest BCUT2D eigenvalue weighted by Gasteiger charge is -2.24. The molecule has 0 radical (unpaired) electrons. The molecule has 4 heteroatoms. The van der Waals surface area contributed by atoms with Crippen molar-refractivity contribution in [3.63, 3.8) is 0 Å². The SMILES string of the molecule is Cc1ccc(C)c(C(Nc2ccccn2)c2ccc3cccnc3c2O)c1. The number of aryl methyl sites for hydroxylation is 2. The highest BCUT2D eigenvalue weighted by molar-refractivity contribution is 5.86. The van der Waals surface area contributed by atoms with Crippen molar-refractivity contribution in [2.45, 2.75) is 19.9 Å². The number of aromatic nitrogens is 2. The number of benzene rings is 2. The molecule has 1 atom stereocenters. The number of aromatic hydroxyl groups is 1. The van der Waals surface area contributed by atoms with Crippen LogP contribution < -0.4 is 5.32 Å². The van der Waals surface area contributed by atoms with Gasteiger partial charge in [0.2, 0.25) is 0 Å². The molecule has 4 aromatic rings. The Morgan fingerprint density at radius 1 is 0.852 bits per heavy atom. The van der Waals surface area contributed by atoms with E-state index in [0.29, 0.717) is 5.52 Å². The number of hydrogen-bond donors (Lipinski definition) is 2. The first kappa shape index (κ1) is 17.0. The molecule has 0 fully saturated rings. The fourth-order valence-corrected chi connectivity index (χ4v) is 3.37. The van der Waals surface area contributed by atoms with Crippen LogP contribution in [0.25, 0.3) is 10.9 Å². The Balaban J connectivity index is 1.90. The molecule has 2 N–H and O–H groups in total. The summed E-state index contributed by atoms with van der Waals surface area (Å²) in [6, 6.07) is 19.6. The fraction of sp³-hybridized carbons (Fsp3) is 0.130. The van der Waals surface area contributed by atoms with Gasteiger partial charge < -0.3 is 10.4 Å². The molecule has 0 spiro atoms. The predicted octanol–water partition coefficient (Wildman–Crippen LogP) is 5.15. The van der Waals surface area contributed by atoms with E-state index in [-0.39, 0.29) is 11.8 Å². The monoisotopic (exact) mass is 355 g/mol. The summed E-state index contributed by atoms with van der Waals surface area (Å²) in [5.74, 6) is 0.950. The second kappa shape index (κ2) is 7.08. The maximum absolute atomic E-state index is 11.0. The molecular formula is C23H21N3O. The summed E-state index contributed by atoms with van der Waals surface area (Å²) < 4.78 is 0. The van der Waals surface area contributed by atoms with Gasteiger partial charge in [0.05, 0.1) is 6.04 Å². The first-order valence-corrected chi connectivity index (χ1v) is 8.95. The molecule has 4 rings (SSSR count). The van der Waals surface area contributed by atoms with Crippen LogP contribution in [0.1, 0.15) is 28.3 Å². The largest absolute Gasteiger partial charge is 0.505 e. The molecule has 2 aromatic heterocycles. The average molecular weight is 355 g/mol. The van der Waals surface area contributed by atoms with Gasteiger partial charge in [0, 0.05) is 23.3 Å². The highest BCUT2D eigenvalue weighted by atomic mass is 16.3.